The van der Waals surface area contributed by atoms with E-state index in [4.69, 9.17) is 10.5 Å². The zero-order valence-electron chi connectivity index (χ0n) is 12.6. The van der Waals surface area contributed by atoms with E-state index in [1.54, 1.807) is 6.07 Å². The zero-order chi connectivity index (χ0) is 15.3. The van der Waals surface area contributed by atoms with Gasteiger partial charge in [-0.1, -0.05) is 0 Å². The molecule has 1 unspecified atom stereocenters. The predicted molar refractivity (Wildman–Crippen MR) is 87.2 cm³/mol. The Balaban J connectivity index is 2.11. The van der Waals surface area contributed by atoms with E-state index in [0.717, 1.165) is 24.4 Å². The third-order valence-corrected chi connectivity index (χ3v) is 4.31. The number of morpholine rings is 1. The number of rotatable bonds is 6. The maximum absolute atomic E-state index is 14.2. The standard InChI is InChI=1S/C15H24FN3OS/c1-15(10-18-9-14(17)20-15)12-8-11(4-5-13(12)16)19-6-3-7-21-2/h4-5,8,14,18-19H,3,6-7,9-10,17H2,1-2H3/t14-,15?/m1/s1. The van der Waals surface area contributed by atoms with Crippen LogP contribution in [0, 0.1) is 5.82 Å². The molecule has 0 aromatic heterocycles. The molecule has 1 fully saturated rings. The van der Waals surface area contributed by atoms with Crippen molar-refractivity contribution in [1.29, 1.82) is 0 Å². The quantitative estimate of drug-likeness (QED) is 0.702. The molecule has 0 spiro atoms. The average molecular weight is 313 g/mol. The van der Waals surface area contributed by atoms with Crippen molar-refractivity contribution in [3.8, 4) is 0 Å². The minimum Gasteiger partial charge on any atom is -0.385 e. The summed E-state index contributed by atoms with van der Waals surface area (Å²) in [6.07, 6.45) is 2.75. The Morgan fingerprint density at radius 3 is 3.10 bits per heavy atom. The van der Waals surface area contributed by atoms with Gasteiger partial charge in [0.2, 0.25) is 0 Å². The van der Waals surface area contributed by atoms with Crippen molar-refractivity contribution in [2.75, 3.05) is 37.0 Å². The summed E-state index contributed by atoms with van der Waals surface area (Å²) in [6.45, 7) is 3.88. The van der Waals surface area contributed by atoms with E-state index in [1.807, 2.05) is 24.8 Å². The second-order valence-corrected chi connectivity index (χ2v) is 6.47. The van der Waals surface area contributed by atoms with Crippen molar-refractivity contribution in [3.63, 3.8) is 0 Å². The normalized spacial score (nSPS) is 25.8. The van der Waals surface area contributed by atoms with E-state index in [1.165, 1.54) is 6.07 Å². The first-order valence-electron chi connectivity index (χ1n) is 7.22. The molecule has 1 aromatic carbocycles. The summed E-state index contributed by atoms with van der Waals surface area (Å²) in [4.78, 5) is 0. The molecular formula is C15H24FN3OS. The first kappa shape index (κ1) is 16.5. The molecule has 0 bridgehead atoms. The summed E-state index contributed by atoms with van der Waals surface area (Å²) < 4.78 is 20.0. The SMILES string of the molecule is CSCCCNc1ccc(F)c(C2(C)CNC[C@H](N)O2)c1. The first-order valence-corrected chi connectivity index (χ1v) is 8.61. The Hall–Kier alpha value is -0.820. The predicted octanol–water partition coefficient (Wildman–Crippen LogP) is 2.11. The van der Waals surface area contributed by atoms with E-state index >= 15 is 0 Å². The van der Waals surface area contributed by atoms with Crippen molar-refractivity contribution >= 4 is 17.4 Å². The highest BCUT2D eigenvalue weighted by atomic mass is 32.2. The monoisotopic (exact) mass is 313 g/mol. The second kappa shape index (κ2) is 7.45. The average Bonchev–Trinajstić information content (AvgIpc) is 2.45. The van der Waals surface area contributed by atoms with Crippen LogP contribution in [0.2, 0.25) is 0 Å². The molecule has 0 radical (unpaired) electrons. The molecule has 4 nitrogen and oxygen atoms in total. The third kappa shape index (κ3) is 4.32. The highest BCUT2D eigenvalue weighted by Crippen LogP contribution is 2.31. The minimum absolute atomic E-state index is 0.261. The van der Waals surface area contributed by atoms with Crippen molar-refractivity contribution in [3.05, 3.63) is 29.6 Å². The van der Waals surface area contributed by atoms with Crippen LogP contribution in [0.15, 0.2) is 18.2 Å². The lowest BCUT2D eigenvalue weighted by molar-refractivity contribution is -0.109. The van der Waals surface area contributed by atoms with Crippen LogP contribution in [0.1, 0.15) is 18.9 Å². The van der Waals surface area contributed by atoms with E-state index in [2.05, 4.69) is 16.9 Å². The molecule has 1 heterocycles. The lowest BCUT2D eigenvalue weighted by Gasteiger charge is -2.38. The van der Waals surface area contributed by atoms with Gasteiger partial charge in [0.1, 0.15) is 17.6 Å². The van der Waals surface area contributed by atoms with Crippen LogP contribution < -0.4 is 16.4 Å². The van der Waals surface area contributed by atoms with E-state index in [0.29, 0.717) is 18.7 Å². The van der Waals surface area contributed by atoms with Gasteiger partial charge in [0.05, 0.1) is 0 Å². The van der Waals surface area contributed by atoms with Crippen LogP contribution in [0.4, 0.5) is 10.1 Å². The van der Waals surface area contributed by atoms with Gasteiger partial charge in [-0.15, -0.1) is 0 Å². The number of hydrogen-bond acceptors (Lipinski definition) is 5. The number of ether oxygens (including phenoxy) is 1. The van der Waals surface area contributed by atoms with Crippen LogP contribution >= 0.6 is 11.8 Å². The Labute approximate surface area is 130 Å². The molecule has 0 aliphatic carbocycles. The fourth-order valence-corrected chi connectivity index (χ4v) is 2.95. The van der Waals surface area contributed by atoms with Gasteiger partial charge in [0.15, 0.2) is 0 Å². The molecule has 6 heteroatoms. The molecule has 1 aliphatic heterocycles. The Kier molecular flexibility index (Phi) is 5.87. The van der Waals surface area contributed by atoms with Gasteiger partial charge < -0.3 is 21.1 Å². The summed E-state index contributed by atoms with van der Waals surface area (Å²) in [5.41, 5.74) is 6.54. The van der Waals surface area contributed by atoms with Gasteiger partial charge in [-0.2, -0.15) is 11.8 Å². The molecule has 1 saturated heterocycles. The number of benzene rings is 1. The molecule has 1 aromatic rings. The minimum atomic E-state index is -0.737. The molecule has 118 valence electrons. The zero-order valence-corrected chi connectivity index (χ0v) is 13.4. The Morgan fingerprint density at radius 2 is 2.38 bits per heavy atom. The fraction of sp³-hybridized carbons (Fsp3) is 0.600. The van der Waals surface area contributed by atoms with Crippen molar-refractivity contribution < 1.29 is 9.13 Å². The fourth-order valence-electron chi connectivity index (χ4n) is 2.52. The number of hydrogen-bond donors (Lipinski definition) is 3. The van der Waals surface area contributed by atoms with E-state index in [-0.39, 0.29) is 5.82 Å². The van der Waals surface area contributed by atoms with Crippen LogP contribution in [0.3, 0.4) is 0 Å². The van der Waals surface area contributed by atoms with Gasteiger partial charge in [-0.25, -0.2) is 4.39 Å². The highest BCUT2D eigenvalue weighted by molar-refractivity contribution is 7.98. The molecular weight excluding hydrogens is 289 g/mol. The molecule has 1 aliphatic rings. The maximum Gasteiger partial charge on any atom is 0.129 e. The molecule has 2 atom stereocenters. The lowest BCUT2D eigenvalue weighted by Crippen LogP contribution is -2.53. The van der Waals surface area contributed by atoms with Gasteiger partial charge in [-0.05, 0) is 43.6 Å². The van der Waals surface area contributed by atoms with Crippen LogP contribution in [0.5, 0.6) is 0 Å². The van der Waals surface area contributed by atoms with Gasteiger partial charge in [-0.3, -0.25) is 0 Å². The molecule has 0 amide bonds. The van der Waals surface area contributed by atoms with Gasteiger partial charge >= 0.3 is 0 Å². The van der Waals surface area contributed by atoms with Crippen molar-refractivity contribution in [2.24, 2.45) is 5.73 Å². The first-order chi connectivity index (χ1) is 10.0. The van der Waals surface area contributed by atoms with Crippen LogP contribution in [-0.2, 0) is 10.3 Å². The molecule has 2 rings (SSSR count). The van der Waals surface area contributed by atoms with Crippen LogP contribution in [-0.4, -0.2) is 37.9 Å². The number of nitrogens with two attached hydrogens (primary N) is 1. The summed E-state index contributed by atoms with van der Waals surface area (Å²) in [7, 11) is 0. The Bertz CT molecular complexity index is 474. The Morgan fingerprint density at radius 1 is 1.57 bits per heavy atom. The third-order valence-electron chi connectivity index (χ3n) is 3.61. The van der Waals surface area contributed by atoms with Crippen molar-refractivity contribution in [1.82, 2.24) is 5.32 Å². The molecule has 21 heavy (non-hydrogen) atoms. The summed E-state index contributed by atoms with van der Waals surface area (Å²) >= 11 is 1.82. The molecule has 0 saturated carbocycles. The number of anilines is 1. The summed E-state index contributed by atoms with van der Waals surface area (Å²) in [5.74, 6) is 0.851. The smallest absolute Gasteiger partial charge is 0.129 e. The lowest BCUT2D eigenvalue weighted by atomic mass is 9.93. The van der Waals surface area contributed by atoms with Gasteiger partial charge in [0, 0.05) is 30.9 Å². The summed E-state index contributed by atoms with van der Waals surface area (Å²) in [6, 6.07) is 5.08. The van der Waals surface area contributed by atoms with E-state index < -0.39 is 11.8 Å². The second-order valence-electron chi connectivity index (χ2n) is 5.49. The maximum atomic E-state index is 14.2. The van der Waals surface area contributed by atoms with Crippen molar-refractivity contribution in [2.45, 2.75) is 25.2 Å². The van der Waals surface area contributed by atoms with Gasteiger partial charge in [0.25, 0.3) is 0 Å². The molecule has 4 N–H and O–H groups in total. The van der Waals surface area contributed by atoms with Crippen LogP contribution in [0.25, 0.3) is 0 Å². The highest BCUT2D eigenvalue weighted by Gasteiger charge is 2.35. The number of nitrogens with one attached hydrogen (secondary N) is 2. The number of halogens is 1. The topological polar surface area (TPSA) is 59.3 Å². The largest absolute Gasteiger partial charge is 0.385 e. The van der Waals surface area contributed by atoms with E-state index in [9.17, 15) is 4.39 Å². The number of thioether (sulfide) groups is 1. The summed E-state index contributed by atoms with van der Waals surface area (Å²) in [5, 5.41) is 6.52.